The van der Waals surface area contributed by atoms with Crippen molar-refractivity contribution in [2.24, 2.45) is 0 Å². The average Bonchev–Trinajstić information content (AvgIpc) is 3.13. The number of rotatable bonds is 6. The van der Waals surface area contributed by atoms with Crippen LogP contribution in [0.15, 0.2) is 72.3 Å². The van der Waals surface area contributed by atoms with E-state index in [4.69, 9.17) is 9.47 Å². The lowest BCUT2D eigenvalue weighted by atomic mass is 9.93. The molecule has 6 nitrogen and oxygen atoms in total. The number of benzene rings is 3. The Hall–Kier alpha value is -4.06. The van der Waals surface area contributed by atoms with E-state index in [0.29, 0.717) is 28.7 Å². The Morgan fingerprint density at radius 1 is 0.943 bits per heavy atom. The maximum absolute atomic E-state index is 13.4. The summed E-state index contributed by atoms with van der Waals surface area (Å²) in [5, 5.41) is 11.4. The lowest BCUT2D eigenvalue weighted by Crippen LogP contribution is -2.29. The molecule has 1 amide bonds. The third kappa shape index (κ3) is 4.39. The monoisotopic (exact) mass is 471 g/mol. The van der Waals surface area contributed by atoms with E-state index >= 15 is 0 Å². The summed E-state index contributed by atoms with van der Waals surface area (Å²) in [7, 11) is 3.00. The van der Waals surface area contributed by atoms with Gasteiger partial charge in [-0.2, -0.15) is 0 Å². The van der Waals surface area contributed by atoms with Crippen LogP contribution in [0.25, 0.3) is 5.76 Å². The van der Waals surface area contributed by atoms with E-state index in [0.717, 1.165) is 16.7 Å². The molecule has 1 aliphatic rings. The third-order valence-corrected chi connectivity index (χ3v) is 6.30. The number of ether oxygens (including phenoxy) is 2. The molecule has 0 saturated carbocycles. The van der Waals surface area contributed by atoms with Crippen LogP contribution in [0.2, 0.25) is 0 Å². The number of hydrogen-bond acceptors (Lipinski definition) is 5. The van der Waals surface area contributed by atoms with E-state index in [2.05, 4.69) is 13.8 Å². The standard InChI is InChI=1S/C29H29NO5/c1-17(2)19-9-11-21(12-10-19)30-26(20-8-6-7-18(3)15-20)25(28(32)29(30)33)27(31)23-14-13-22(34-4)16-24(23)35-5/h6-17,26,31H,1-5H3/b27-25-. The zero-order valence-electron chi connectivity index (χ0n) is 20.5. The zero-order valence-corrected chi connectivity index (χ0v) is 20.5. The van der Waals surface area contributed by atoms with Crippen molar-refractivity contribution in [2.75, 3.05) is 19.1 Å². The Bertz CT molecular complexity index is 1310. The van der Waals surface area contributed by atoms with Crippen LogP contribution in [-0.4, -0.2) is 31.0 Å². The van der Waals surface area contributed by atoms with Gasteiger partial charge in [-0.3, -0.25) is 14.5 Å². The van der Waals surface area contributed by atoms with E-state index in [1.807, 2.05) is 55.5 Å². The molecular formula is C29H29NO5. The largest absolute Gasteiger partial charge is 0.507 e. The molecule has 0 radical (unpaired) electrons. The highest BCUT2D eigenvalue weighted by Gasteiger charge is 2.47. The van der Waals surface area contributed by atoms with Crippen LogP contribution in [-0.2, 0) is 9.59 Å². The van der Waals surface area contributed by atoms with Crippen molar-refractivity contribution in [3.05, 3.63) is 94.6 Å². The topological polar surface area (TPSA) is 76.1 Å². The number of aliphatic hydroxyl groups excluding tert-OH is 1. The number of nitrogens with zero attached hydrogens (tertiary/aromatic N) is 1. The smallest absolute Gasteiger partial charge is 0.300 e. The number of aliphatic hydroxyl groups is 1. The minimum absolute atomic E-state index is 0.0111. The number of hydrogen-bond donors (Lipinski definition) is 1. The lowest BCUT2D eigenvalue weighted by Gasteiger charge is -2.26. The van der Waals surface area contributed by atoms with Gasteiger partial charge >= 0.3 is 0 Å². The highest BCUT2D eigenvalue weighted by atomic mass is 16.5. The van der Waals surface area contributed by atoms with Crippen LogP contribution in [0.5, 0.6) is 11.5 Å². The number of methoxy groups -OCH3 is 2. The van der Waals surface area contributed by atoms with Gasteiger partial charge in [0.2, 0.25) is 0 Å². The van der Waals surface area contributed by atoms with Gasteiger partial charge < -0.3 is 14.6 Å². The second-order valence-electron chi connectivity index (χ2n) is 8.90. The van der Waals surface area contributed by atoms with Crippen molar-refractivity contribution in [2.45, 2.75) is 32.7 Å². The summed E-state index contributed by atoms with van der Waals surface area (Å²) >= 11 is 0. The summed E-state index contributed by atoms with van der Waals surface area (Å²) in [4.78, 5) is 28.2. The zero-order chi connectivity index (χ0) is 25.3. The molecular weight excluding hydrogens is 442 g/mol. The van der Waals surface area contributed by atoms with Crippen LogP contribution < -0.4 is 14.4 Å². The quantitative estimate of drug-likeness (QED) is 0.281. The fourth-order valence-electron chi connectivity index (χ4n) is 4.41. The molecule has 1 aliphatic heterocycles. The van der Waals surface area contributed by atoms with Crippen LogP contribution in [0.1, 0.15) is 48.1 Å². The number of amides is 1. The first-order chi connectivity index (χ1) is 16.8. The van der Waals surface area contributed by atoms with E-state index in [-0.39, 0.29) is 11.3 Å². The molecule has 180 valence electrons. The molecule has 1 saturated heterocycles. The van der Waals surface area contributed by atoms with Gasteiger partial charge in [-0.05, 0) is 48.2 Å². The molecule has 0 spiro atoms. The maximum Gasteiger partial charge on any atom is 0.300 e. The fourth-order valence-corrected chi connectivity index (χ4v) is 4.41. The molecule has 3 aromatic rings. The SMILES string of the molecule is COc1ccc(/C(O)=C2/C(=O)C(=O)N(c3ccc(C(C)C)cc3)C2c2cccc(C)c2)c(OC)c1. The molecule has 1 N–H and O–H groups in total. The fraction of sp³-hybridized carbons (Fsp3) is 0.241. The molecule has 6 heteroatoms. The van der Waals surface area contributed by atoms with Crippen LogP contribution in [0.4, 0.5) is 5.69 Å². The van der Waals surface area contributed by atoms with Gasteiger partial charge in [-0.25, -0.2) is 0 Å². The van der Waals surface area contributed by atoms with Crippen molar-refractivity contribution in [3.63, 3.8) is 0 Å². The lowest BCUT2D eigenvalue weighted by molar-refractivity contribution is -0.132. The molecule has 3 aromatic carbocycles. The van der Waals surface area contributed by atoms with Crippen molar-refractivity contribution in [3.8, 4) is 11.5 Å². The molecule has 35 heavy (non-hydrogen) atoms. The average molecular weight is 472 g/mol. The summed E-state index contributed by atoms with van der Waals surface area (Å²) < 4.78 is 10.7. The summed E-state index contributed by atoms with van der Waals surface area (Å²) in [6.45, 7) is 6.13. The van der Waals surface area contributed by atoms with Crippen molar-refractivity contribution in [1.82, 2.24) is 0 Å². The van der Waals surface area contributed by atoms with Gasteiger partial charge in [0.25, 0.3) is 11.7 Å². The first-order valence-electron chi connectivity index (χ1n) is 11.5. The van der Waals surface area contributed by atoms with Crippen molar-refractivity contribution >= 4 is 23.1 Å². The van der Waals surface area contributed by atoms with Crippen molar-refractivity contribution in [1.29, 1.82) is 0 Å². The van der Waals surface area contributed by atoms with E-state index < -0.39 is 17.7 Å². The predicted octanol–water partition coefficient (Wildman–Crippen LogP) is 5.76. The molecule has 0 aliphatic carbocycles. The predicted molar refractivity (Wildman–Crippen MR) is 136 cm³/mol. The summed E-state index contributed by atoms with van der Waals surface area (Å²) in [5.41, 5.74) is 3.73. The van der Waals surface area contributed by atoms with Gasteiger partial charge in [-0.15, -0.1) is 0 Å². The number of carbonyl (C=O) groups is 2. The van der Waals surface area contributed by atoms with E-state index in [9.17, 15) is 14.7 Å². The normalized spacial score (nSPS) is 17.2. The van der Waals surface area contributed by atoms with E-state index in [1.54, 1.807) is 18.2 Å². The van der Waals surface area contributed by atoms with Crippen LogP contribution >= 0.6 is 0 Å². The minimum Gasteiger partial charge on any atom is -0.507 e. The molecule has 1 unspecified atom stereocenters. The Kier molecular flexibility index (Phi) is 6.65. The Labute approximate surface area is 205 Å². The summed E-state index contributed by atoms with van der Waals surface area (Å²) in [6.07, 6.45) is 0. The van der Waals surface area contributed by atoms with Crippen LogP contribution in [0.3, 0.4) is 0 Å². The molecule has 1 fully saturated rings. The van der Waals surface area contributed by atoms with Gasteiger partial charge in [0.1, 0.15) is 17.3 Å². The van der Waals surface area contributed by atoms with Crippen LogP contribution in [0, 0.1) is 6.92 Å². The van der Waals surface area contributed by atoms with Gasteiger partial charge in [0, 0.05) is 11.8 Å². The van der Waals surface area contributed by atoms with Gasteiger partial charge in [-0.1, -0.05) is 55.8 Å². The second kappa shape index (κ2) is 9.66. The first kappa shape index (κ1) is 24.1. The van der Waals surface area contributed by atoms with E-state index in [1.165, 1.54) is 19.1 Å². The first-order valence-corrected chi connectivity index (χ1v) is 11.5. The van der Waals surface area contributed by atoms with Gasteiger partial charge in [0.05, 0.1) is 31.4 Å². The third-order valence-electron chi connectivity index (χ3n) is 6.30. The minimum atomic E-state index is -0.799. The summed E-state index contributed by atoms with van der Waals surface area (Å²) in [5.74, 6) is -0.537. The highest BCUT2D eigenvalue weighted by molar-refractivity contribution is 6.51. The maximum atomic E-state index is 13.4. The Morgan fingerprint density at radius 2 is 1.66 bits per heavy atom. The number of carbonyl (C=O) groups excluding carboxylic acids is 2. The van der Waals surface area contributed by atoms with Crippen molar-refractivity contribution < 1.29 is 24.2 Å². The Balaban J connectivity index is 1.94. The number of anilines is 1. The molecule has 0 bridgehead atoms. The van der Waals surface area contributed by atoms with Gasteiger partial charge in [0.15, 0.2) is 0 Å². The molecule has 4 rings (SSSR count). The Morgan fingerprint density at radius 3 is 2.26 bits per heavy atom. The number of ketones is 1. The number of Topliss-reactive ketones (excluding diaryl/α,β-unsaturated/α-hetero) is 1. The molecule has 0 aromatic heterocycles. The number of aryl methyl sites for hydroxylation is 1. The molecule has 1 atom stereocenters. The highest BCUT2D eigenvalue weighted by Crippen LogP contribution is 2.44. The second-order valence-corrected chi connectivity index (χ2v) is 8.90. The molecule has 1 heterocycles. The summed E-state index contributed by atoms with van der Waals surface area (Å²) in [6, 6.07) is 19.3.